The molecule has 3 aromatic carbocycles. The molecule has 0 heterocycles. The normalized spacial score (nSPS) is 9.41. The van der Waals surface area contributed by atoms with Crippen molar-refractivity contribution in [2.75, 3.05) is 0 Å². The Morgan fingerprint density at radius 2 is 0.622 bits per heavy atom. The largest absolute Gasteiger partial charge is 1.00 e. The van der Waals surface area contributed by atoms with Crippen LogP contribution in [0.3, 0.4) is 0 Å². The van der Waals surface area contributed by atoms with Crippen LogP contribution in [-0.4, -0.2) is 63.9 Å². The van der Waals surface area contributed by atoms with Crippen LogP contribution in [0.25, 0.3) is 0 Å². The van der Waals surface area contributed by atoms with Crippen LogP contribution in [0.1, 0.15) is 47.8 Å². The molecule has 192 valence electrons. The van der Waals surface area contributed by atoms with E-state index in [-0.39, 0.29) is 69.5 Å². The number of carboxylic acids is 3. The van der Waals surface area contributed by atoms with E-state index in [2.05, 4.69) is 20.8 Å². The quantitative estimate of drug-likeness (QED) is 0.129. The van der Waals surface area contributed by atoms with Crippen molar-refractivity contribution in [3.8, 4) is 34.5 Å². The third kappa shape index (κ3) is 8.66. The number of aromatic hydroxyl groups is 6. The van der Waals surface area contributed by atoms with Gasteiger partial charge in [0.1, 0.15) is 0 Å². The minimum absolute atomic E-state index is 0. The van der Waals surface area contributed by atoms with E-state index < -0.39 is 35.2 Å². The predicted octanol–water partition coefficient (Wildman–Crippen LogP) is -0.0614. The number of benzene rings is 3. The fraction of sp³-hybridized carbons (Fsp3) is 0. The molecular weight excluding hydrogens is 487 g/mol. The molecule has 0 spiro atoms. The molecule has 12 nitrogen and oxygen atoms in total. The standard InChI is InChI=1S/3C8H7O4.Li/c3*1-4-2-7(10)5(8(11)12)3-6(4)9;/h3*2-3,9-10H,1H2,(H,11,12);/q3*-1;+1. The van der Waals surface area contributed by atoms with Crippen LogP contribution in [0, 0.1) is 20.8 Å². The number of hydrogen-bond acceptors (Lipinski definition) is 9. The van der Waals surface area contributed by atoms with Gasteiger partial charge in [0.2, 0.25) is 0 Å². The molecule has 9 N–H and O–H groups in total. The Hall–Kier alpha value is -4.92. The Labute approximate surface area is 222 Å². The summed E-state index contributed by atoms with van der Waals surface area (Å²) in [7, 11) is 0. The first-order chi connectivity index (χ1) is 16.6. The van der Waals surface area contributed by atoms with Gasteiger partial charge in [-0.1, -0.05) is 18.2 Å². The first-order valence-electron chi connectivity index (χ1n) is 9.40. The van der Waals surface area contributed by atoms with E-state index >= 15 is 0 Å². The molecule has 3 rings (SSSR count). The average molecular weight is 508 g/mol. The van der Waals surface area contributed by atoms with Crippen LogP contribution in [0.2, 0.25) is 0 Å². The van der Waals surface area contributed by atoms with E-state index in [1.807, 2.05) is 0 Å². The van der Waals surface area contributed by atoms with Crippen molar-refractivity contribution in [1.82, 2.24) is 0 Å². The Kier molecular flexibility index (Phi) is 11.5. The fourth-order valence-electron chi connectivity index (χ4n) is 2.37. The number of phenols is 6. The van der Waals surface area contributed by atoms with Crippen molar-refractivity contribution in [3.05, 3.63) is 90.6 Å². The molecule has 0 fully saturated rings. The minimum Gasteiger partial charge on any atom is -0.565 e. The van der Waals surface area contributed by atoms with Gasteiger partial charge >= 0.3 is 36.8 Å². The maximum Gasteiger partial charge on any atom is 1.00 e. The molecule has 0 saturated carbocycles. The van der Waals surface area contributed by atoms with Crippen molar-refractivity contribution < 1.29 is 79.2 Å². The summed E-state index contributed by atoms with van der Waals surface area (Å²) in [6.07, 6.45) is 0. The molecule has 0 radical (unpaired) electrons. The zero-order valence-electron chi connectivity index (χ0n) is 19.3. The maximum atomic E-state index is 10.4. The van der Waals surface area contributed by atoms with E-state index in [0.29, 0.717) is 0 Å². The summed E-state index contributed by atoms with van der Waals surface area (Å²) in [5.74, 6) is -5.80. The molecule has 0 aromatic heterocycles. The van der Waals surface area contributed by atoms with E-state index in [1.54, 1.807) is 0 Å². The Bertz CT molecular complexity index is 1160. The third-order valence-electron chi connectivity index (χ3n) is 4.28. The van der Waals surface area contributed by atoms with Crippen LogP contribution in [0.4, 0.5) is 0 Å². The van der Waals surface area contributed by atoms with E-state index in [0.717, 1.165) is 36.4 Å². The molecule has 37 heavy (non-hydrogen) atoms. The smallest absolute Gasteiger partial charge is 0.565 e. The molecule has 0 saturated heterocycles. The summed E-state index contributed by atoms with van der Waals surface area (Å²) in [5, 5.41) is 79.7. The predicted molar refractivity (Wildman–Crippen MR) is 124 cm³/mol. The third-order valence-corrected chi connectivity index (χ3v) is 4.28. The number of rotatable bonds is 3. The minimum atomic E-state index is -1.29. The van der Waals surface area contributed by atoms with Crippen molar-refractivity contribution in [1.29, 1.82) is 0 Å². The second-order valence-electron chi connectivity index (χ2n) is 6.91. The molecule has 0 aliphatic heterocycles. The van der Waals surface area contributed by atoms with Gasteiger partial charge in [-0.15, -0.1) is 18.2 Å². The zero-order chi connectivity index (χ0) is 27.9. The van der Waals surface area contributed by atoms with Gasteiger partial charge in [0.05, 0.1) is 33.9 Å². The van der Waals surface area contributed by atoms with Crippen molar-refractivity contribution in [2.24, 2.45) is 0 Å². The molecule has 3 aromatic rings. The number of carboxylic acid groups (broad SMARTS) is 3. The van der Waals surface area contributed by atoms with Gasteiger partial charge in [0.25, 0.3) is 0 Å². The van der Waals surface area contributed by atoms with Gasteiger partial charge in [-0.05, 0) is 0 Å². The molecule has 0 bridgehead atoms. The van der Waals surface area contributed by atoms with Gasteiger partial charge < -0.3 is 46.0 Å². The molecule has 0 unspecified atom stereocenters. The molecular formula is C24H21LiO12-2. The maximum absolute atomic E-state index is 10.4. The first-order valence-corrected chi connectivity index (χ1v) is 9.40. The van der Waals surface area contributed by atoms with E-state index in [9.17, 15) is 14.4 Å². The summed E-state index contributed by atoms with van der Waals surface area (Å²) < 4.78 is 0. The van der Waals surface area contributed by atoms with Crippen LogP contribution in [0.15, 0.2) is 36.4 Å². The molecule has 0 amide bonds. The van der Waals surface area contributed by atoms with Gasteiger partial charge in [-0.2, -0.15) is 37.5 Å². The summed E-state index contributed by atoms with van der Waals surface area (Å²) >= 11 is 0. The topological polar surface area (TPSA) is 233 Å². The number of hydrogen-bond donors (Lipinski definition) is 9. The average Bonchev–Trinajstić information content (AvgIpc) is 2.76. The van der Waals surface area contributed by atoms with Gasteiger partial charge in [0, 0.05) is 17.2 Å². The molecule has 13 heteroatoms. The number of carbonyl (C=O) groups is 3. The van der Waals surface area contributed by atoms with Crippen molar-refractivity contribution in [3.63, 3.8) is 0 Å². The second kappa shape index (κ2) is 13.2. The number of aromatic carboxylic acids is 3. The molecule has 0 atom stereocenters. The Morgan fingerprint density at radius 3 is 0.784 bits per heavy atom. The summed E-state index contributed by atoms with van der Waals surface area (Å²) in [5.41, 5.74) is -0.424. The molecule has 0 aliphatic carbocycles. The summed E-state index contributed by atoms with van der Waals surface area (Å²) in [6.45, 7) is 10.1. The molecule has 0 aliphatic rings. The van der Waals surface area contributed by atoms with Gasteiger partial charge in [-0.25, -0.2) is 14.4 Å². The van der Waals surface area contributed by atoms with Gasteiger partial charge in [-0.3, -0.25) is 0 Å². The fourth-order valence-corrected chi connectivity index (χ4v) is 2.37. The van der Waals surface area contributed by atoms with E-state index in [1.165, 1.54) is 0 Å². The SMILES string of the molecule is [CH2-]c1cc(O)c(C(=O)O)cc1O.[CH2-]c1cc(O)c(C(=O)O)cc1O.[CH2-]c1cc(O)c(C(=O)O)cc1O.[Li+]. The van der Waals surface area contributed by atoms with Gasteiger partial charge in [0.15, 0.2) is 0 Å². The summed E-state index contributed by atoms with van der Waals surface area (Å²) in [4.78, 5) is 31.2. The van der Waals surface area contributed by atoms with E-state index in [4.69, 9.17) is 46.0 Å². The second-order valence-corrected chi connectivity index (χ2v) is 6.91. The Balaban J connectivity index is 0.000000518. The van der Waals surface area contributed by atoms with Crippen LogP contribution in [-0.2, 0) is 0 Å². The monoisotopic (exact) mass is 508 g/mol. The Morgan fingerprint density at radius 1 is 0.432 bits per heavy atom. The summed E-state index contributed by atoms with van der Waals surface area (Å²) in [6, 6.07) is 6.16. The van der Waals surface area contributed by atoms with Crippen LogP contribution < -0.4 is 18.9 Å². The zero-order valence-corrected chi connectivity index (χ0v) is 19.3. The first kappa shape index (κ1) is 32.1. The number of phenolic OH excluding ortho intramolecular Hbond substituents is 3. The van der Waals surface area contributed by atoms with Crippen LogP contribution in [0.5, 0.6) is 34.5 Å². The van der Waals surface area contributed by atoms with Crippen LogP contribution >= 0.6 is 0 Å². The van der Waals surface area contributed by atoms with Crippen molar-refractivity contribution >= 4 is 17.9 Å². The van der Waals surface area contributed by atoms with Crippen molar-refractivity contribution in [2.45, 2.75) is 0 Å².